The molecule has 3 N–H and O–H groups in total. The number of carbonyl (C=O) groups excluding carboxylic acids is 1. The van der Waals surface area contributed by atoms with E-state index in [9.17, 15) is 9.90 Å². The van der Waals surface area contributed by atoms with E-state index in [1.165, 1.54) is 6.20 Å². The van der Waals surface area contributed by atoms with E-state index in [0.29, 0.717) is 18.8 Å². The predicted molar refractivity (Wildman–Crippen MR) is 80.4 cm³/mol. The summed E-state index contributed by atoms with van der Waals surface area (Å²) in [5.74, 6) is 0.215. The number of nitriles is 1. The maximum atomic E-state index is 12.1. The molecular formula is C15H15N5O2. The highest BCUT2D eigenvalue weighted by atomic mass is 16.3. The van der Waals surface area contributed by atoms with Gasteiger partial charge in [-0.1, -0.05) is 12.1 Å². The Bertz CT molecular complexity index is 707. The summed E-state index contributed by atoms with van der Waals surface area (Å²) in [5, 5.41) is 23.5. The molecule has 0 saturated heterocycles. The lowest BCUT2D eigenvalue weighted by Gasteiger charge is -2.09. The summed E-state index contributed by atoms with van der Waals surface area (Å²) < 4.78 is 0. The molecule has 1 amide bonds. The zero-order valence-electron chi connectivity index (χ0n) is 12.0. The monoisotopic (exact) mass is 297 g/mol. The van der Waals surface area contributed by atoms with Crippen LogP contribution in [0.1, 0.15) is 21.7 Å². The summed E-state index contributed by atoms with van der Waals surface area (Å²) in [6.07, 6.45) is 1.96. The Labute approximate surface area is 127 Å². The van der Waals surface area contributed by atoms with Gasteiger partial charge in [-0.15, -0.1) is 0 Å². The summed E-state index contributed by atoms with van der Waals surface area (Å²) in [7, 11) is 1.62. The van der Waals surface area contributed by atoms with E-state index in [0.717, 1.165) is 5.56 Å². The summed E-state index contributed by atoms with van der Waals surface area (Å²) in [6, 6.07) is 8.62. The molecule has 1 aromatic carbocycles. The van der Waals surface area contributed by atoms with Gasteiger partial charge in [0.15, 0.2) is 0 Å². The lowest BCUT2D eigenvalue weighted by atomic mass is 10.1. The van der Waals surface area contributed by atoms with Gasteiger partial charge in [-0.2, -0.15) is 5.26 Å². The van der Waals surface area contributed by atoms with E-state index >= 15 is 0 Å². The molecule has 0 fully saturated rings. The van der Waals surface area contributed by atoms with Gasteiger partial charge in [-0.25, -0.2) is 9.97 Å². The van der Waals surface area contributed by atoms with Gasteiger partial charge in [-0.05, 0) is 24.1 Å². The van der Waals surface area contributed by atoms with Gasteiger partial charge in [0, 0.05) is 19.8 Å². The van der Waals surface area contributed by atoms with Crippen LogP contribution in [0.5, 0.6) is 5.75 Å². The van der Waals surface area contributed by atoms with Crippen molar-refractivity contribution in [2.45, 2.75) is 6.42 Å². The number of aromatic nitrogens is 2. The molecule has 0 spiro atoms. The minimum absolute atomic E-state index is 0.00462. The fourth-order valence-corrected chi connectivity index (χ4v) is 1.87. The van der Waals surface area contributed by atoms with Gasteiger partial charge >= 0.3 is 0 Å². The maximum absolute atomic E-state index is 12.1. The Morgan fingerprint density at radius 2 is 2.09 bits per heavy atom. The predicted octanol–water partition coefficient (Wildman–Crippen LogP) is 1.07. The van der Waals surface area contributed by atoms with Crippen LogP contribution in [0.15, 0.2) is 30.5 Å². The third-order valence-corrected chi connectivity index (χ3v) is 3.01. The number of phenolic OH excluding ortho intramolecular Hbond substituents is 1. The number of amides is 1. The standard InChI is InChI=1S/C15H15N5O2/c1-17-14-12(9-19-13(8-16)20-14)15(22)18-7-6-10-2-4-11(21)5-3-10/h2-5,9,21H,6-7H2,1H3,(H,18,22)(H,17,19,20). The van der Waals surface area contributed by atoms with Gasteiger partial charge in [0.1, 0.15) is 23.2 Å². The van der Waals surface area contributed by atoms with Crippen LogP contribution in [-0.4, -0.2) is 34.6 Å². The molecule has 0 aliphatic rings. The van der Waals surface area contributed by atoms with Crippen molar-refractivity contribution in [3.8, 4) is 11.8 Å². The van der Waals surface area contributed by atoms with E-state index in [1.54, 1.807) is 31.3 Å². The van der Waals surface area contributed by atoms with Gasteiger partial charge in [0.05, 0.1) is 0 Å². The van der Waals surface area contributed by atoms with Crippen LogP contribution in [0.3, 0.4) is 0 Å². The number of phenols is 1. The lowest BCUT2D eigenvalue weighted by Crippen LogP contribution is -2.27. The maximum Gasteiger partial charge on any atom is 0.256 e. The first-order chi connectivity index (χ1) is 10.6. The second kappa shape index (κ2) is 7.04. The molecule has 2 rings (SSSR count). The SMILES string of the molecule is CNc1nc(C#N)ncc1C(=O)NCCc1ccc(O)cc1. The number of aromatic hydroxyl groups is 1. The Hall–Kier alpha value is -3.14. The zero-order valence-corrected chi connectivity index (χ0v) is 12.0. The third-order valence-electron chi connectivity index (χ3n) is 3.01. The molecular weight excluding hydrogens is 282 g/mol. The van der Waals surface area contributed by atoms with E-state index in [1.807, 2.05) is 6.07 Å². The minimum Gasteiger partial charge on any atom is -0.508 e. The first-order valence-corrected chi connectivity index (χ1v) is 6.65. The quantitative estimate of drug-likeness (QED) is 0.761. The van der Waals surface area contributed by atoms with Crippen molar-refractivity contribution in [2.24, 2.45) is 0 Å². The Kier molecular flexibility index (Phi) is 4.88. The number of anilines is 1. The van der Waals surface area contributed by atoms with Crippen LogP contribution >= 0.6 is 0 Å². The minimum atomic E-state index is -0.312. The van der Waals surface area contributed by atoms with Crippen molar-refractivity contribution in [3.05, 3.63) is 47.4 Å². The molecule has 0 unspecified atom stereocenters. The van der Waals surface area contributed by atoms with Crippen molar-refractivity contribution in [2.75, 3.05) is 18.9 Å². The highest BCUT2D eigenvalue weighted by molar-refractivity contribution is 5.98. The van der Waals surface area contributed by atoms with Crippen LogP contribution in [0.4, 0.5) is 5.82 Å². The molecule has 7 nitrogen and oxygen atoms in total. The Morgan fingerprint density at radius 3 is 2.73 bits per heavy atom. The summed E-state index contributed by atoms with van der Waals surface area (Å²) in [6.45, 7) is 0.437. The smallest absolute Gasteiger partial charge is 0.256 e. The average Bonchev–Trinajstić information content (AvgIpc) is 2.55. The summed E-state index contributed by atoms with van der Waals surface area (Å²) >= 11 is 0. The molecule has 7 heteroatoms. The number of nitrogens with one attached hydrogen (secondary N) is 2. The summed E-state index contributed by atoms with van der Waals surface area (Å²) in [4.78, 5) is 19.9. The van der Waals surface area contributed by atoms with Crippen molar-refractivity contribution < 1.29 is 9.90 Å². The van der Waals surface area contributed by atoms with E-state index in [2.05, 4.69) is 20.6 Å². The van der Waals surface area contributed by atoms with Crippen LogP contribution in [0.25, 0.3) is 0 Å². The molecule has 0 radical (unpaired) electrons. The highest BCUT2D eigenvalue weighted by Crippen LogP contribution is 2.11. The molecule has 0 bridgehead atoms. The van der Waals surface area contributed by atoms with Gasteiger partial charge in [0.25, 0.3) is 5.91 Å². The largest absolute Gasteiger partial charge is 0.508 e. The molecule has 22 heavy (non-hydrogen) atoms. The van der Waals surface area contributed by atoms with E-state index in [4.69, 9.17) is 5.26 Å². The fraction of sp³-hybridized carbons (Fsp3) is 0.200. The van der Waals surface area contributed by atoms with E-state index < -0.39 is 0 Å². The molecule has 2 aromatic rings. The first kappa shape index (κ1) is 15.3. The number of nitrogens with zero attached hydrogens (tertiary/aromatic N) is 3. The van der Waals surface area contributed by atoms with Crippen LogP contribution in [-0.2, 0) is 6.42 Å². The van der Waals surface area contributed by atoms with Crippen molar-refractivity contribution in [1.29, 1.82) is 5.26 Å². The molecule has 112 valence electrons. The number of hydrogen-bond donors (Lipinski definition) is 3. The highest BCUT2D eigenvalue weighted by Gasteiger charge is 2.13. The van der Waals surface area contributed by atoms with Crippen LogP contribution < -0.4 is 10.6 Å². The summed E-state index contributed by atoms with van der Waals surface area (Å²) in [5.41, 5.74) is 1.29. The first-order valence-electron chi connectivity index (χ1n) is 6.65. The lowest BCUT2D eigenvalue weighted by molar-refractivity contribution is 0.0954. The topological polar surface area (TPSA) is 111 Å². The van der Waals surface area contributed by atoms with Gasteiger partial charge < -0.3 is 15.7 Å². The zero-order chi connectivity index (χ0) is 15.9. The molecule has 0 aliphatic heterocycles. The van der Waals surface area contributed by atoms with Gasteiger partial charge in [-0.3, -0.25) is 4.79 Å². The van der Waals surface area contributed by atoms with E-state index in [-0.39, 0.29) is 23.0 Å². The number of rotatable bonds is 5. The van der Waals surface area contributed by atoms with Crippen LogP contribution in [0, 0.1) is 11.3 Å². The molecule has 1 aromatic heterocycles. The normalized spacial score (nSPS) is 9.82. The molecule has 0 atom stereocenters. The van der Waals surface area contributed by atoms with Gasteiger partial charge in [0.2, 0.25) is 5.82 Å². The molecule has 0 saturated carbocycles. The van der Waals surface area contributed by atoms with Crippen molar-refractivity contribution >= 4 is 11.7 Å². The second-order valence-corrected chi connectivity index (χ2v) is 4.49. The molecule has 1 heterocycles. The Morgan fingerprint density at radius 1 is 1.36 bits per heavy atom. The number of hydrogen-bond acceptors (Lipinski definition) is 6. The van der Waals surface area contributed by atoms with Crippen molar-refractivity contribution in [3.63, 3.8) is 0 Å². The second-order valence-electron chi connectivity index (χ2n) is 4.49. The van der Waals surface area contributed by atoms with Crippen LogP contribution in [0.2, 0.25) is 0 Å². The third kappa shape index (κ3) is 3.70. The molecule has 0 aliphatic carbocycles. The Balaban J connectivity index is 1.97. The number of carbonyl (C=O) groups is 1. The van der Waals surface area contributed by atoms with Crippen molar-refractivity contribution in [1.82, 2.24) is 15.3 Å². The number of benzene rings is 1. The average molecular weight is 297 g/mol. The fourth-order valence-electron chi connectivity index (χ4n) is 1.87.